The van der Waals surface area contributed by atoms with Gasteiger partial charge in [-0.15, -0.1) is 0 Å². The minimum absolute atomic E-state index is 1.01. The van der Waals surface area contributed by atoms with E-state index in [1.807, 2.05) is 0 Å². The van der Waals surface area contributed by atoms with E-state index >= 15 is 0 Å². The number of hydrogen-bond donors (Lipinski definition) is 0. The van der Waals surface area contributed by atoms with E-state index in [1.165, 1.54) is 150 Å². The predicted molar refractivity (Wildman–Crippen MR) is 364 cm³/mol. The molecule has 2 heterocycles. The highest BCUT2D eigenvalue weighted by molar-refractivity contribution is 6.11. The molecule has 1 aliphatic rings. The maximum absolute atomic E-state index is 2.50. The van der Waals surface area contributed by atoms with Crippen molar-refractivity contribution >= 4 is 38.8 Å². The quantitative estimate of drug-likeness (QED) is 0.122. The Balaban J connectivity index is 0.622. The third kappa shape index (κ3) is 9.35. The van der Waals surface area contributed by atoms with Crippen molar-refractivity contribution in [1.82, 2.24) is 9.13 Å². The summed E-state index contributed by atoms with van der Waals surface area (Å²) in [5, 5.41) is 3.79. The number of rotatable bonds is 11. The van der Waals surface area contributed by atoms with Gasteiger partial charge >= 0.3 is 0 Å². The molecule has 0 spiro atoms. The fraction of sp³-hybridized carbons (Fsp3) is 0.0238. The third-order valence-corrected chi connectivity index (χ3v) is 17.6. The molecule has 0 radical (unpaired) electrons. The maximum atomic E-state index is 2.50. The lowest BCUT2D eigenvalue weighted by atomic mass is 9.94. The Morgan fingerprint density at radius 1 is 0.209 bits per heavy atom. The van der Waals surface area contributed by atoms with E-state index in [4.69, 9.17) is 0 Å². The number of para-hydroxylation sites is 1. The monoisotopic (exact) mass is 1090 g/mol. The summed E-state index contributed by atoms with van der Waals surface area (Å²) < 4.78 is 4.91. The summed E-state index contributed by atoms with van der Waals surface area (Å²) in [4.78, 5) is 0. The van der Waals surface area contributed by atoms with Crippen LogP contribution in [-0.4, -0.2) is 9.13 Å². The number of benzene rings is 13. The van der Waals surface area contributed by atoms with Crippen LogP contribution in [0.3, 0.4) is 0 Å². The highest BCUT2D eigenvalue weighted by Crippen LogP contribution is 2.41. The fourth-order valence-electron chi connectivity index (χ4n) is 13.2. The minimum atomic E-state index is 1.01. The van der Waals surface area contributed by atoms with E-state index in [1.54, 1.807) is 0 Å². The molecule has 0 saturated heterocycles. The Morgan fingerprint density at radius 2 is 0.547 bits per heavy atom. The number of nitrogens with zero attached hydrogens (tertiary/aromatic N) is 2. The van der Waals surface area contributed by atoms with E-state index in [0.717, 1.165) is 18.5 Å². The van der Waals surface area contributed by atoms with Gasteiger partial charge in [0, 0.05) is 38.8 Å². The van der Waals surface area contributed by atoms with Gasteiger partial charge in [-0.3, -0.25) is 0 Å². The van der Waals surface area contributed by atoms with Gasteiger partial charge in [0.05, 0.1) is 16.6 Å². The van der Waals surface area contributed by atoms with Crippen LogP contribution < -0.4 is 0 Å². The zero-order valence-corrected chi connectivity index (χ0v) is 47.5. The molecule has 0 atom stereocenters. The van der Waals surface area contributed by atoms with Gasteiger partial charge in [0.1, 0.15) is 0 Å². The molecule has 15 aromatic rings. The van der Waals surface area contributed by atoms with Crippen LogP contribution in [0.4, 0.5) is 0 Å². The predicted octanol–water partition coefficient (Wildman–Crippen LogP) is 22.7. The molecule has 0 N–H and O–H groups in total. The number of hydrogen-bond acceptors (Lipinski definition) is 0. The van der Waals surface area contributed by atoms with Gasteiger partial charge in [-0.1, -0.05) is 255 Å². The lowest BCUT2D eigenvalue weighted by Crippen LogP contribution is -2.03. The summed E-state index contributed by atoms with van der Waals surface area (Å²) in [6.07, 6.45) is 6.73. The third-order valence-electron chi connectivity index (χ3n) is 17.6. The number of aromatic nitrogens is 2. The summed E-state index contributed by atoms with van der Waals surface area (Å²) in [5.74, 6) is 0. The van der Waals surface area contributed by atoms with Crippen LogP contribution in [0.5, 0.6) is 0 Å². The van der Waals surface area contributed by atoms with E-state index in [2.05, 4.69) is 337 Å². The Labute approximate surface area is 502 Å². The van der Waals surface area contributed by atoms with Crippen LogP contribution >= 0.6 is 0 Å². The summed E-state index contributed by atoms with van der Waals surface area (Å²) in [7, 11) is 0. The first-order valence-electron chi connectivity index (χ1n) is 29.9. The van der Waals surface area contributed by atoms with Gasteiger partial charge < -0.3 is 9.13 Å². The molecule has 1 aliphatic carbocycles. The standard InChI is InChI=1S/C84H58N2/c1-3-15-57(16-4-1)66-19-11-20-67(51-66)64-39-41-65(42-40-64)69-22-13-24-71(53-69)70-23-12-21-68(52-70)63-37-35-60(36-38-63)59-31-33-61(34-32-59)62-43-47-75(48-44-62)85-81-29-9-7-27-77(81)79-55-73(45-49-83(79)85)74-46-50-84-80(56-74)78-28-8-10-30-82(78)86(84)76-26-14-25-72(54-76)58-17-5-2-6-18-58/h1-9,11-29,31-56H,10,30H2. The molecule has 404 valence electrons. The second kappa shape index (κ2) is 21.6. The van der Waals surface area contributed by atoms with Crippen LogP contribution in [0, 0.1) is 0 Å². The van der Waals surface area contributed by atoms with Crippen LogP contribution in [0.1, 0.15) is 17.7 Å². The second-order valence-electron chi connectivity index (χ2n) is 22.8. The minimum Gasteiger partial charge on any atom is -0.313 e. The van der Waals surface area contributed by atoms with Crippen LogP contribution in [0.25, 0.3) is 150 Å². The first kappa shape index (κ1) is 50.6. The number of fused-ring (bicyclic) bond motifs is 6. The van der Waals surface area contributed by atoms with Gasteiger partial charge in [-0.2, -0.15) is 0 Å². The molecule has 2 nitrogen and oxygen atoms in total. The smallest absolute Gasteiger partial charge is 0.0541 e. The Bertz CT molecular complexity index is 5040. The van der Waals surface area contributed by atoms with E-state index in [0.29, 0.717) is 0 Å². The molecule has 16 rings (SSSR count). The molecule has 0 saturated carbocycles. The maximum Gasteiger partial charge on any atom is 0.0541 e. The lowest BCUT2D eigenvalue weighted by Gasteiger charge is -2.14. The highest BCUT2D eigenvalue weighted by atomic mass is 15.0. The molecule has 0 unspecified atom stereocenters. The van der Waals surface area contributed by atoms with Crippen molar-refractivity contribution in [1.29, 1.82) is 0 Å². The van der Waals surface area contributed by atoms with Crippen molar-refractivity contribution in [2.45, 2.75) is 12.8 Å². The van der Waals surface area contributed by atoms with Crippen LogP contribution in [-0.2, 0) is 6.42 Å². The number of allylic oxidation sites excluding steroid dienone is 1. The van der Waals surface area contributed by atoms with Crippen molar-refractivity contribution in [3.63, 3.8) is 0 Å². The van der Waals surface area contributed by atoms with Gasteiger partial charge in [0.25, 0.3) is 0 Å². The van der Waals surface area contributed by atoms with Gasteiger partial charge in [0.2, 0.25) is 0 Å². The molecule has 2 aromatic heterocycles. The lowest BCUT2D eigenvalue weighted by molar-refractivity contribution is 0.889. The van der Waals surface area contributed by atoms with Gasteiger partial charge in [0.15, 0.2) is 0 Å². The molecular weight excluding hydrogens is 1040 g/mol. The van der Waals surface area contributed by atoms with E-state index < -0.39 is 0 Å². The molecule has 0 fully saturated rings. The normalized spacial score (nSPS) is 12.0. The SMILES string of the molecule is C1=Cc2c(n(-c3cccc(-c4ccccc4)c3)c3ccc(-c4ccc5c(c4)c4ccccc4n5-c4ccc(-c5ccc(-c6ccc(-c7cccc(-c8cccc(-c9ccc(-c%10cccc(-c%11ccccc%11)c%10)cc9)c8)c7)cc6)cc5)cc4)cc23)CC1. The van der Waals surface area contributed by atoms with Crippen molar-refractivity contribution in [3.05, 3.63) is 333 Å². The first-order chi connectivity index (χ1) is 42.6. The fourth-order valence-corrected chi connectivity index (χ4v) is 13.2. The Kier molecular flexibility index (Phi) is 12.7. The van der Waals surface area contributed by atoms with Crippen molar-refractivity contribution in [3.8, 4) is 112 Å². The average molecular weight is 1100 g/mol. The molecule has 0 aliphatic heterocycles. The molecule has 86 heavy (non-hydrogen) atoms. The van der Waals surface area contributed by atoms with Crippen molar-refractivity contribution in [2.75, 3.05) is 0 Å². The largest absolute Gasteiger partial charge is 0.313 e. The second-order valence-corrected chi connectivity index (χ2v) is 22.8. The van der Waals surface area contributed by atoms with Crippen molar-refractivity contribution in [2.24, 2.45) is 0 Å². The Morgan fingerprint density at radius 3 is 1.05 bits per heavy atom. The van der Waals surface area contributed by atoms with Crippen molar-refractivity contribution < 1.29 is 0 Å². The van der Waals surface area contributed by atoms with Crippen LogP contribution in [0.15, 0.2) is 322 Å². The first-order valence-corrected chi connectivity index (χ1v) is 29.9. The summed E-state index contributed by atoms with van der Waals surface area (Å²) in [6.45, 7) is 0. The summed E-state index contributed by atoms with van der Waals surface area (Å²) >= 11 is 0. The summed E-state index contributed by atoms with van der Waals surface area (Å²) in [6, 6.07) is 116. The van der Waals surface area contributed by atoms with Gasteiger partial charge in [-0.25, -0.2) is 0 Å². The molecule has 0 amide bonds. The average Bonchev–Trinajstić information content (AvgIpc) is 3.07. The zero-order valence-electron chi connectivity index (χ0n) is 47.5. The molecular formula is C84H58N2. The highest BCUT2D eigenvalue weighted by Gasteiger charge is 2.21. The zero-order chi connectivity index (χ0) is 56.9. The van der Waals surface area contributed by atoms with Gasteiger partial charge in [-0.05, 0) is 186 Å². The topological polar surface area (TPSA) is 9.86 Å². The Hall–Kier alpha value is -11.1. The molecule has 2 heteroatoms. The molecule has 0 bridgehead atoms. The summed E-state index contributed by atoms with van der Waals surface area (Å²) in [5.41, 5.74) is 30.5. The molecule has 13 aromatic carbocycles. The van der Waals surface area contributed by atoms with E-state index in [9.17, 15) is 0 Å². The van der Waals surface area contributed by atoms with Crippen LogP contribution in [0.2, 0.25) is 0 Å². The van der Waals surface area contributed by atoms with E-state index in [-0.39, 0.29) is 0 Å².